The highest BCUT2D eigenvalue weighted by Gasteiger charge is 2.18. The summed E-state index contributed by atoms with van der Waals surface area (Å²) in [5, 5.41) is -0.0989. The smallest absolute Gasteiger partial charge is 0.267 e. The van der Waals surface area contributed by atoms with Gasteiger partial charge < -0.3 is 5.73 Å². The molecule has 0 aliphatic rings. The molecule has 0 aliphatic heterocycles. The van der Waals surface area contributed by atoms with Crippen molar-refractivity contribution < 1.29 is 8.78 Å². The molecule has 0 radical (unpaired) electrons. The first-order valence-electron chi connectivity index (χ1n) is 3.35. The highest BCUT2D eigenvalue weighted by molar-refractivity contribution is 6.31. The Balaban J connectivity index is 3.30. The first-order chi connectivity index (χ1) is 6.06. The number of nitrogen functional groups attached to an aromatic ring is 1. The van der Waals surface area contributed by atoms with Crippen molar-refractivity contribution in [3.05, 3.63) is 22.3 Å². The fourth-order valence-corrected chi connectivity index (χ4v) is 1.43. The highest BCUT2D eigenvalue weighted by atomic mass is 35.5. The van der Waals surface area contributed by atoms with E-state index in [2.05, 4.69) is 4.98 Å². The molecule has 72 valence electrons. The molecule has 6 heteroatoms. The molecule has 2 nitrogen and oxygen atoms in total. The maximum atomic E-state index is 12.4. The Bertz CT molecular complexity index is 318. The number of rotatable bonds is 2. The van der Waals surface area contributed by atoms with E-state index < -0.39 is 6.43 Å². The quantitative estimate of drug-likeness (QED) is 0.788. The molecule has 0 aromatic carbocycles. The second-order valence-corrected chi connectivity index (χ2v) is 3.00. The van der Waals surface area contributed by atoms with E-state index in [1.54, 1.807) is 0 Å². The van der Waals surface area contributed by atoms with Gasteiger partial charge in [0.1, 0.15) is 5.82 Å². The van der Waals surface area contributed by atoms with Crippen molar-refractivity contribution >= 4 is 29.0 Å². The summed E-state index contributed by atoms with van der Waals surface area (Å²) < 4.78 is 24.8. The van der Waals surface area contributed by atoms with Crippen LogP contribution in [-0.4, -0.2) is 4.98 Å². The second kappa shape index (κ2) is 4.07. The molecule has 0 amide bonds. The largest absolute Gasteiger partial charge is 0.384 e. The summed E-state index contributed by atoms with van der Waals surface area (Å²) in [5.74, 6) is -0.0465. The third kappa shape index (κ3) is 2.19. The molecule has 1 aromatic rings. The molecule has 0 unspecified atom stereocenters. The Labute approximate surface area is 83.7 Å². The van der Waals surface area contributed by atoms with Gasteiger partial charge in [0.25, 0.3) is 6.43 Å². The van der Waals surface area contributed by atoms with Gasteiger partial charge in [0.05, 0.1) is 22.2 Å². The minimum atomic E-state index is -2.69. The van der Waals surface area contributed by atoms with Gasteiger partial charge in [-0.25, -0.2) is 13.8 Å². The topological polar surface area (TPSA) is 38.9 Å². The van der Waals surface area contributed by atoms with E-state index in [4.69, 9.17) is 28.9 Å². The van der Waals surface area contributed by atoms with E-state index >= 15 is 0 Å². The van der Waals surface area contributed by atoms with E-state index in [1.165, 1.54) is 6.07 Å². The molecule has 0 atom stereocenters. The first kappa shape index (κ1) is 10.5. The zero-order chi connectivity index (χ0) is 10.0. The summed E-state index contributed by atoms with van der Waals surface area (Å²) in [6.45, 7) is 0. The van der Waals surface area contributed by atoms with Crippen molar-refractivity contribution in [1.82, 2.24) is 4.98 Å². The number of nitrogens with zero attached hydrogens (tertiary/aromatic N) is 1. The lowest BCUT2D eigenvalue weighted by Gasteiger charge is -2.08. The van der Waals surface area contributed by atoms with E-state index in [0.29, 0.717) is 0 Å². The van der Waals surface area contributed by atoms with E-state index in [9.17, 15) is 8.78 Å². The number of hydrogen-bond acceptors (Lipinski definition) is 2. The normalized spacial score (nSPS) is 10.8. The summed E-state index contributed by atoms with van der Waals surface area (Å²) in [6, 6.07) is 1.18. The van der Waals surface area contributed by atoms with Crippen LogP contribution in [0.1, 0.15) is 17.7 Å². The van der Waals surface area contributed by atoms with Crippen LogP contribution in [0.5, 0.6) is 0 Å². The standard InChI is InChI=1S/C7H6Cl2F2N2/c8-2-4-6(7(10)11)3(9)1-5(12)13-4/h1,7H,2H2,(H2,12,13). The molecular formula is C7H6Cl2F2N2. The Morgan fingerprint density at radius 2 is 2.15 bits per heavy atom. The van der Waals surface area contributed by atoms with Gasteiger partial charge in [-0.05, 0) is 6.07 Å². The van der Waals surface area contributed by atoms with Crippen LogP contribution >= 0.6 is 23.2 Å². The average Bonchev–Trinajstić information content (AvgIpc) is 2.01. The van der Waals surface area contributed by atoms with Gasteiger partial charge in [0.15, 0.2) is 0 Å². The Morgan fingerprint density at radius 3 is 2.62 bits per heavy atom. The van der Waals surface area contributed by atoms with Gasteiger partial charge in [-0.1, -0.05) is 11.6 Å². The number of hydrogen-bond donors (Lipinski definition) is 1. The maximum absolute atomic E-state index is 12.4. The molecule has 2 N–H and O–H groups in total. The van der Waals surface area contributed by atoms with Gasteiger partial charge in [-0.2, -0.15) is 0 Å². The van der Waals surface area contributed by atoms with Gasteiger partial charge in [-0.3, -0.25) is 0 Å². The molecule has 1 aromatic heterocycles. The Morgan fingerprint density at radius 1 is 1.54 bits per heavy atom. The van der Waals surface area contributed by atoms with Crippen molar-refractivity contribution in [2.24, 2.45) is 0 Å². The Hall–Kier alpha value is -0.610. The predicted octanol–water partition coefficient (Wildman–Crippen LogP) is 2.99. The lowest BCUT2D eigenvalue weighted by molar-refractivity contribution is 0.150. The molecular weight excluding hydrogens is 221 g/mol. The molecule has 0 aliphatic carbocycles. The van der Waals surface area contributed by atoms with Gasteiger partial charge >= 0.3 is 0 Å². The number of aromatic nitrogens is 1. The first-order valence-corrected chi connectivity index (χ1v) is 4.26. The van der Waals surface area contributed by atoms with Crippen LogP contribution in [0.3, 0.4) is 0 Å². The van der Waals surface area contributed by atoms with Crippen molar-refractivity contribution in [2.75, 3.05) is 5.73 Å². The van der Waals surface area contributed by atoms with Crippen LogP contribution in [0.25, 0.3) is 0 Å². The van der Waals surface area contributed by atoms with Crippen LogP contribution in [-0.2, 0) is 5.88 Å². The van der Waals surface area contributed by atoms with Crippen molar-refractivity contribution in [1.29, 1.82) is 0 Å². The van der Waals surface area contributed by atoms with Crippen molar-refractivity contribution in [3.63, 3.8) is 0 Å². The summed E-state index contributed by atoms with van der Waals surface area (Å²) in [7, 11) is 0. The third-order valence-corrected chi connectivity index (χ3v) is 2.02. The molecule has 1 rings (SSSR count). The van der Waals surface area contributed by atoms with Gasteiger partial charge in [0.2, 0.25) is 0 Å². The summed E-state index contributed by atoms with van der Waals surface area (Å²) in [6.07, 6.45) is -2.69. The number of halogens is 4. The van der Waals surface area contributed by atoms with Crippen molar-refractivity contribution in [2.45, 2.75) is 12.3 Å². The van der Waals surface area contributed by atoms with Crippen LogP contribution < -0.4 is 5.73 Å². The molecule has 0 spiro atoms. The summed E-state index contributed by atoms with van der Waals surface area (Å²) in [5.41, 5.74) is 4.99. The predicted molar refractivity (Wildman–Crippen MR) is 48.2 cm³/mol. The van der Waals surface area contributed by atoms with Gasteiger partial charge in [-0.15, -0.1) is 11.6 Å². The molecule has 13 heavy (non-hydrogen) atoms. The summed E-state index contributed by atoms with van der Waals surface area (Å²) in [4.78, 5) is 3.66. The molecule has 1 heterocycles. The average molecular weight is 227 g/mol. The number of alkyl halides is 3. The molecule has 0 saturated heterocycles. The maximum Gasteiger partial charge on any atom is 0.267 e. The third-order valence-electron chi connectivity index (χ3n) is 1.45. The molecule has 0 fully saturated rings. The fraction of sp³-hybridized carbons (Fsp3) is 0.286. The van der Waals surface area contributed by atoms with Crippen molar-refractivity contribution in [3.8, 4) is 0 Å². The number of anilines is 1. The monoisotopic (exact) mass is 226 g/mol. The number of nitrogens with two attached hydrogens (primary N) is 1. The van der Waals surface area contributed by atoms with Gasteiger partial charge in [0, 0.05) is 0 Å². The fourth-order valence-electron chi connectivity index (χ4n) is 0.926. The minimum absolute atomic E-state index is 0.0293. The zero-order valence-electron chi connectivity index (χ0n) is 6.40. The van der Waals surface area contributed by atoms with Crippen LogP contribution in [0.2, 0.25) is 5.02 Å². The Kier molecular flexibility index (Phi) is 3.27. The van der Waals surface area contributed by atoms with Crippen LogP contribution in [0, 0.1) is 0 Å². The van der Waals surface area contributed by atoms with Crippen LogP contribution in [0.4, 0.5) is 14.6 Å². The van der Waals surface area contributed by atoms with E-state index in [1.807, 2.05) is 0 Å². The zero-order valence-corrected chi connectivity index (χ0v) is 7.91. The molecule has 0 saturated carbocycles. The lowest BCUT2D eigenvalue weighted by Crippen LogP contribution is -2.01. The van der Waals surface area contributed by atoms with E-state index in [0.717, 1.165) is 0 Å². The second-order valence-electron chi connectivity index (χ2n) is 2.32. The minimum Gasteiger partial charge on any atom is -0.384 e. The van der Waals surface area contributed by atoms with Crippen LogP contribution in [0.15, 0.2) is 6.07 Å². The number of pyridine rings is 1. The lowest BCUT2D eigenvalue weighted by atomic mass is 10.2. The summed E-state index contributed by atoms with van der Waals surface area (Å²) >= 11 is 11.0. The SMILES string of the molecule is Nc1cc(Cl)c(C(F)F)c(CCl)n1. The van der Waals surface area contributed by atoms with E-state index in [-0.39, 0.29) is 28.0 Å². The highest BCUT2D eigenvalue weighted by Crippen LogP contribution is 2.31. The molecule has 0 bridgehead atoms.